The molecule has 152 valence electrons. The van der Waals surface area contributed by atoms with E-state index in [1.165, 1.54) is 0 Å². The molecule has 2 spiro atoms. The number of hydrogen-bond donors (Lipinski definition) is 0. The largest absolute Gasteiger partial charge is 0.352 e. The second-order valence-electron chi connectivity index (χ2n) is 8.74. The Morgan fingerprint density at radius 2 is 1.56 bits per heavy atom. The van der Waals surface area contributed by atoms with Crippen LogP contribution in [-0.2, 0) is 14.3 Å². The van der Waals surface area contributed by atoms with Gasteiger partial charge in [0.1, 0.15) is 5.66 Å². The lowest BCUT2D eigenvalue weighted by molar-refractivity contribution is -0.307. The van der Waals surface area contributed by atoms with E-state index < -0.39 is 11.4 Å². The van der Waals surface area contributed by atoms with E-state index in [0.717, 1.165) is 51.9 Å². The van der Waals surface area contributed by atoms with Crippen molar-refractivity contribution in [2.75, 3.05) is 60.5 Å². The molecule has 0 aromatic rings. The summed E-state index contributed by atoms with van der Waals surface area (Å²) in [5.74, 6) is 0.300. The zero-order valence-corrected chi connectivity index (χ0v) is 16.9. The molecular formula is C19H33N5O3. The highest BCUT2D eigenvalue weighted by Gasteiger charge is 2.57. The highest BCUT2D eigenvalue weighted by molar-refractivity contribution is 5.80. The lowest BCUT2D eigenvalue weighted by Crippen LogP contribution is -2.79. The average Bonchev–Trinajstić information content (AvgIpc) is 2.62. The van der Waals surface area contributed by atoms with E-state index in [0.29, 0.717) is 26.0 Å². The monoisotopic (exact) mass is 379 g/mol. The van der Waals surface area contributed by atoms with Gasteiger partial charge >= 0.3 is 0 Å². The summed E-state index contributed by atoms with van der Waals surface area (Å²) in [6.07, 6.45) is 4.61. The van der Waals surface area contributed by atoms with Crippen LogP contribution in [0.25, 0.3) is 0 Å². The first kappa shape index (κ1) is 19.1. The first-order valence-corrected chi connectivity index (χ1v) is 10.3. The highest BCUT2D eigenvalue weighted by Crippen LogP contribution is 2.41. The molecule has 0 N–H and O–H groups in total. The number of likely N-dealkylation sites (tertiary alicyclic amines) is 2. The molecule has 4 aliphatic heterocycles. The van der Waals surface area contributed by atoms with E-state index in [9.17, 15) is 9.59 Å². The summed E-state index contributed by atoms with van der Waals surface area (Å²) in [6, 6.07) is 0. The summed E-state index contributed by atoms with van der Waals surface area (Å²) in [5, 5.41) is 4.15. The molecule has 8 nitrogen and oxygen atoms in total. The third-order valence-corrected chi connectivity index (χ3v) is 6.83. The van der Waals surface area contributed by atoms with Crippen LogP contribution in [0.1, 0.15) is 38.5 Å². The highest BCUT2D eigenvalue weighted by atomic mass is 16.5. The second kappa shape index (κ2) is 6.99. The number of likely N-dealkylation sites (N-methyl/N-ethyl adjacent to an activating group) is 3. The summed E-state index contributed by atoms with van der Waals surface area (Å²) in [5.41, 5.74) is -1.08. The molecule has 27 heavy (non-hydrogen) atoms. The molecule has 4 saturated heterocycles. The van der Waals surface area contributed by atoms with Gasteiger partial charge in [0.2, 0.25) is 11.8 Å². The number of piperidine rings is 2. The minimum atomic E-state index is -0.605. The summed E-state index contributed by atoms with van der Waals surface area (Å²) < 4.78 is 6.34. The topological polar surface area (TPSA) is 59.6 Å². The molecule has 4 heterocycles. The van der Waals surface area contributed by atoms with Crippen molar-refractivity contribution in [1.29, 1.82) is 0 Å². The average molecular weight is 380 g/mol. The summed E-state index contributed by atoms with van der Waals surface area (Å²) in [7, 11) is 6.10. The van der Waals surface area contributed by atoms with Crippen LogP contribution < -0.4 is 0 Å². The predicted octanol–water partition coefficient (Wildman–Crippen LogP) is 0.158. The van der Waals surface area contributed by atoms with Crippen LogP contribution in [0.5, 0.6) is 0 Å². The number of ether oxygens (including phenoxy) is 1. The van der Waals surface area contributed by atoms with Crippen molar-refractivity contribution in [1.82, 2.24) is 24.7 Å². The summed E-state index contributed by atoms with van der Waals surface area (Å²) in [6.45, 7) is 4.59. The van der Waals surface area contributed by atoms with Crippen molar-refractivity contribution in [3.05, 3.63) is 0 Å². The van der Waals surface area contributed by atoms with Crippen LogP contribution in [-0.4, -0.2) is 108 Å². The fraction of sp³-hybridized carbons (Fsp3) is 0.895. The van der Waals surface area contributed by atoms with E-state index in [1.807, 2.05) is 17.0 Å². The van der Waals surface area contributed by atoms with E-state index in [4.69, 9.17) is 4.74 Å². The van der Waals surface area contributed by atoms with Gasteiger partial charge in [-0.2, -0.15) is 5.01 Å². The number of carbonyl (C=O) groups excluding carboxylic acids is 2. The molecule has 0 bridgehead atoms. The Morgan fingerprint density at radius 1 is 0.852 bits per heavy atom. The molecule has 4 aliphatic rings. The van der Waals surface area contributed by atoms with Gasteiger partial charge in [-0.3, -0.25) is 9.59 Å². The Morgan fingerprint density at radius 3 is 2.26 bits per heavy atom. The molecule has 0 radical (unpaired) electrons. The van der Waals surface area contributed by atoms with Crippen LogP contribution >= 0.6 is 0 Å². The first-order chi connectivity index (χ1) is 12.9. The van der Waals surface area contributed by atoms with Crippen molar-refractivity contribution in [2.24, 2.45) is 0 Å². The van der Waals surface area contributed by atoms with Crippen molar-refractivity contribution in [3.63, 3.8) is 0 Å². The summed E-state index contributed by atoms with van der Waals surface area (Å²) in [4.78, 5) is 32.3. The van der Waals surface area contributed by atoms with Gasteiger partial charge in [-0.15, -0.1) is 0 Å². The van der Waals surface area contributed by atoms with E-state index in [-0.39, 0.29) is 11.8 Å². The Balaban J connectivity index is 1.75. The van der Waals surface area contributed by atoms with Crippen molar-refractivity contribution < 1.29 is 14.3 Å². The first-order valence-electron chi connectivity index (χ1n) is 10.3. The molecule has 0 saturated carbocycles. The Kier molecular flexibility index (Phi) is 4.95. The van der Waals surface area contributed by atoms with E-state index in [1.54, 1.807) is 0 Å². The zero-order chi connectivity index (χ0) is 19.2. The van der Waals surface area contributed by atoms with Crippen LogP contribution in [0.15, 0.2) is 0 Å². The molecule has 2 unspecified atom stereocenters. The van der Waals surface area contributed by atoms with Gasteiger partial charge in [-0.25, -0.2) is 5.01 Å². The molecule has 0 aliphatic carbocycles. The lowest BCUT2D eigenvalue weighted by Gasteiger charge is -2.63. The number of nitrogens with zero attached hydrogens (tertiary/aromatic N) is 5. The third-order valence-electron chi connectivity index (χ3n) is 6.83. The van der Waals surface area contributed by atoms with Gasteiger partial charge in [0.25, 0.3) is 0 Å². The van der Waals surface area contributed by atoms with Crippen LogP contribution in [0.4, 0.5) is 0 Å². The van der Waals surface area contributed by atoms with Crippen LogP contribution in [0.2, 0.25) is 0 Å². The fourth-order valence-electron chi connectivity index (χ4n) is 5.55. The maximum absolute atomic E-state index is 13.2. The van der Waals surface area contributed by atoms with Gasteiger partial charge in [0.15, 0.2) is 5.72 Å². The third kappa shape index (κ3) is 3.06. The Hall–Kier alpha value is -1.22. The zero-order valence-electron chi connectivity index (χ0n) is 16.9. The number of hydrazine groups is 1. The standard InChI is InChI=1S/C19H33N5O3/c1-20-10-4-8-18(14-20)22(3)16(25)6-12-23(18)24-17(26)7-13-27-19(24)9-5-11-21(2)15-19/h4-15H2,1-3H3. The van der Waals surface area contributed by atoms with Crippen molar-refractivity contribution in [3.8, 4) is 0 Å². The number of carbonyl (C=O) groups is 2. The van der Waals surface area contributed by atoms with E-state index in [2.05, 4.69) is 28.9 Å². The molecular weight excluding hydrogens is 346 g/mol. The normalized spacial score (nSPS) is 37.6. The quantitative estimate of drug-likeness (QED) is 0.647. The molecule has 0 aromatic carbocycles. The van der Waals surface area contributed by atoms with Gasteiger partial charge < -0.3 is 19.4 Å². The molecule has 2 atom stereocenters. The molecule has 0 aromatic heterocycles. The van der Waals surface area contributed by atoms with E-state index >= 15 is 0 Å². The smallest absolute Gasteiger partial charge is 0.241 e. The SMILES string of the molecule is CN1CCCC2(C1)OCCC(=O)N2N1CCC(=O)N(C)C12CCCN(C)C2. The molecule has 8 heteroatoms. The maximum atomic E-state index is 13.2. The van der Waals surface area contributed by atoms with Crippen LogP contribution in [0, 0.1) is 0 Å². The van der Waals surface area contributed by atoms with Gasteiger partial charge in [-0.05, 0) is 52.9 Å². The van der Waals surface area contributed by atoms with Crippen molar-refractivity contribution in [2.45, 2.75) is 49.9 Å². The maximum Gasteiger partial charge on any atom is 0.241 e. The minimum Gasteiger partial charge on any atom is -0.352 e. The van der Waals surface area contributed by atoms with Gasteiger partial charge in [0, 0.05) is 33.1 Å². The molecule has 4 fully saturated rings. The van der Waals surface area contributed by atoms with Crippen LogP contribution in [0.3, 0.4) is 0 Å². The Bertz CT molecular complexity index is 612. The number of rotatable bonds is 1. The van der Waals surface area contributed by atoms with Gasteiger partial charge in [0.05, 0.1) is 13.0 Å². The predicted molar refractivity (Wildman–Crippen MR) is 100 cm³/mol. The molecule has 4 rings (SSSR count). The second-order valence-corrected chi connectivity index (χ2v) is 8.74. The summed E-state index contributed by atoms with van der Waals surface area (Å²) >= 11 is 0. The fourth-order valence-corrected chi connectivity index (χ4v) is 5.55. The van der Waals surface area contributed by atoms with Gasteiger partial charge in [-0.1, -0.05) is 0 Å². The number of hydrogen-bond acceptors (Lipinski definition) is 6. The minimum absolute atomic E-state index is 0.131. The Labute approximate surface area is 161 Å². The molecule has 2 amide bonds. The lowest BCUT2D eigenvalue weighted by atomic mass is 9.91. The van der Waals surface area contributed by atoms with Crippen molar-refractivity contribution >= 4 is 11.8 Å². The number of amides is 2.